The van der Waals surface area contributed by atoms with E-state index in [0.29, 0.717) is 12.8 Å². The Hall–Kier alpha value is -2.96. The second-order valence-electron chi connectivity index (χ2n) is 8.31. The molecule has 0 aromatic heterocycles. The molecule has 7 heteroatoms. The van der Waals surface area contributed by atoms with Crippen LogP contribution in [0.3, 0.4) is 0 Å². The van der Waals surface area contributed by atoms with Gasteiger partial charge in [0.05, 0.1) is 18.4 Å². The number of allylic oxidation sites excluding steroid dienone is 2. The molecule has 7 nitrogen and oxygen atoms in total. The number of carbonyl (C=O) groups excluding carboxylic acids is 4. The molecular weight excluding hydrogens is 382 g/mol. The summed E-state index contributed by atoms with van der Waals surface area (Å²) in [5.74, 6) is -1.52. The number of aryl methyl sites for hydroxylation is 3. The molecule has 4 amide bonds. The Balaban J connectivity index is 1.52. The minimum atomic E-state index is -0.290. The van der Waals surface area contributed by atoms with Crippen LogP contribution in [0.2, 0.25) is 0 Å². The zero-order chi connectivity index (χ0) is 22.0. The molecule has 0 radical (unpaired) electrons. The summed E-state index contributed by atoms with van der Waals surface area (Å²) in [4.78, 5) is 52.4. The van der Waals surface area contributed by atoms with Crippen molar-refractivity contribution in [3.63, 3.8) is 0 Å². The monoisotopic (exact) mass is 411 g/mol. The van der Waals surface area contributed by atoms with E-state index in [1.54, 1.807) is 7.05 Å². The molecule has 0 saturated carbocycles. The molecule has 1 saturated heterocycles. The largest absolute Gasteiger partial charge is 0.336 e. The van der Waals surface area contributed by atoms with Crippen LogP contribution in [0.4, 0.5) is 5.69 Å². The summed E-state index contributed by atoms with van der Waals surface area (Å²) >= 11 is 0. The maximum atomic E-state index is 12.5. The predicted octanol–water partition coefficient (Wildman–Crippen LogP) is 2.35. The smallest absolute Gasteiger partial charge is 0.243 e. The van der Waals surface area contributed by atoms with Crippen molar-refractivity contribution in [3.05, 3.63) is 41.0 Å². The number of carbonyl (C=O) groups is 4. The number of fused-ring (bicyclic) bond motifs is 1. The SMILES string of the molecule is Cc1cc(C)c(NC(=O)CN(C)C(=O)CCN2C(=O)[C@H]3CC=CC[C@@H]3C2=O)c(C)c1. The van der Waals surface area contributed by atoms with Gasteiger partial charge in [-0.2, -0.15) is 0 Å². The average Bonchev–Trinajstić information content (AvgIpc) is 2.93. The molecule has 0 unspecified atom stereocenters. The third-order valence-corrected chi connectivity index (χ3v) is 5.90. The molecule has 1 N–H and O–H groups in total. The van der Waals surface area contributed by atoms with Crippen molar-refractivity contribution >= 4 is 29.3 Å². The highest BCUT2D eigenvalue weighted by atomic mass is 16.2. The molecule has 160 valence electrons. The van der Waals surface area contributed by atoms with Gasteiger partial charge in [-0.15, -0.1) is 0 Å². The number of anilines is 1. The first-order valence-corrected chi connectivity index (χ1v) is 10.3. The van der Waals surface area contributed by atoms with Crippen molar-refractivity contribution < 1.29 is 19.2 Å². The molecule has 30 heavy (non-hydrogen) atoms. The molecule has 1 fully saturated rings. The lowest BCUT2D eigenvalue weighted by Gasteiger charge is -2.20. The van der Waals surface area contributed by atoms with Crippen LogP contribution >= 0.6 is 0 Å². The van der Waals surface area contributed by atoms with E-state index in [0.717, 1.165) is 22.4 Å². The normalized spacial score (nSPS) is 20.3. The summed E-state index contributed by atoms with van der Waals surface area (Å²) < 4.78 is 0. The number of nitrogens with zero attached hydrogens (tertiary/aromatic N) is 2. The first-order valence-electron chi connectivity index (χ1n) is 10.3. The van der Waals surface area contributed by atoms with Gasteiger partial charge in [-0.1, -0.05) is 29.8 Å². The molecule has 1 aromatic rings. The minimum absolute atomic E-state index is 0.0106. The predicted molar refractivity (Wildman–Crippen MR) is 114 cm³/mol. The Morgan fingerprint density at radius 1 is 1.03 bits per heavy atom. The van der Waals surface area contributed by atoms with E-state index in [-0.39, 0.29) is 55.0 Å². The fourth-order valence-corrected chi connectivity index (χ4v) is 4.35. The Morgan fingerprint density at radius 3 is 2.10 bits per heavy atom. The van der Waals surface area contributed by atoms with Gasteiger partial charge >= 0.3 is 0 Å². The summed E-state index contributed by atoms with van der Waals surface area (Å²) in [7, 11) is 1.55. The zero-order valence-corrected chi connectivity index (χ0v) is 18.0. The highest BCUT2D eigenvalue weighted by molar-refractivity contribution is 6.05. The number of hydrogen-bond acceptors (Lipinski definition) is 4. The van der Waals surface area contributed by atoms with Gasteiger partial charge in [0.25, 0.3) is 0 Å². The van der Waals surface area contributed by atoms with Gasteiger partial charge in [0, 0.05) is 25.7 Å². The number of likely N-dealkylation sites (N-methyl/N-ethyl adjacent to an activating group) is 1. The van der Waals surface area contributed by atoms with Crippen LogP contribution in [0, 0.1) is 32.6 Å². The van der Waals surface area contributed by atoms with Gasteiger partial charge in [-0.05, 0) is 44.7 Å². The summed E-state index contributed by atoms with van der Waals surface area (Å²) in [6.07, 6.45) is 5.04. The molecule has 2 atom stereocenters. The van der Waals surface area contributed by atoms with Gasteiger partial charge in [-0.25, -0.2) is 0 Å². The Bertz CT molecular complexity index is 872. The standard InChI is InChI=1S/C23H29N3O4/c1-14-11-15(2)21(16(3)12-14)24-19(27)13-25(4)20(28)9-10-26-22(29)17-7-5-6-8-18(17)23(26)30/h5-6,11-12,17-18H,7-10,13H2,1-4H3,(H,24,27)/t17-,18-/m0/s1. The summed E-state index contributed by atoms with van der Waals surface area (Å²) in [6, 6.07) is 3.99. The maximum Gasteiger partial charge on any atom is 0.243 e. The number of rotatable bonds is 6. The van der Waals surface area contributed by atoms with E-state index in [4.69, 9.17) is 0 Å². The highest BCUT2D eigenvalue weighted by Crippen LogP contribution is 2.35. The van der Waals surface area contributed by atoms with Gasteiger partial charge in [0.1, 0.15) is 0 Å². The summed E-state index contributed by atoms with van der Waals surface area (Å²) in [5.41, 5.74) is 3.82. The number of imide groups is 1. The van der Waals surface area contributed by atoms with Crippen LogP contribution in [0.25, 0.3) is 0 Å². The highest BCUT2D eigenvalue weighted by Gasteiger charge is 2.46. The van der Waals surface area contributed by atoms with E-state index in [2.05, 4.69) is 5.32 Å². The Kier molecular flexibility index (Phi) is 6.39. The lowest BCUT2D eigenvalue weighted by atomic mass is 9.85. The van der Waals surface area contributed by atoms with Crippen LogP contribution in [0.1, 0.15) is 36.0 Å². The number of nitrogens with one attached hydrogen (secondary N) is 1. The molecule has 3 rings (SSSR count). The molecular formula is C23H29N3O4. The number of hydrogen-bond donors (Lipinski definition) is 1. The Labute approximate surface area is 177 Å². The second-order valence-corrected chi connectivity index (χ2v) is 8.31. The first kappa shape index (κ1) is 21.7. The molecule has 1 aliphatic carbocycles. The van der Waals surface area contributed by atoms with E-state index in [9.17, 15) is 19.2 Å². The first-order chi connectivity index (χ1) is 14.2. The second kappa shape index (κ2) is 8.81. The Morgan fingerprint density at radius 2 is 1.57 bits per heavy atom. The van der Waals surface area contributed by atoms with Crippen LogP contribution in [-0.2, 0) is 19.2 Å². The van der Waals surface area contributed by atoms with Gasteiger partial charge in [-0.3, -0.25) is 24.1 Å². The topological polar surface area (TPSA) is 86.8 Å². The zero-order valence-electron chi connectivity index (χ0n) is 18.0. The molecule has 0 bridgehead atoms. The van der Waals surface area contributed by atoms with Crippen molar-refractivity contribution in [1.82, 2.24) is 9.80 Å². The molecule has 2 aliphatic rings. The number of likely N-dealkylation sites (tertiary alicyclic amines) is 1. The van der Waals surface area contributed by atoms with E-state index in [1.807, 2.05) is 45.1 Å². The fourth-order valence-electron chi connectivity index (χ4n) is 4.35. The summed E-state index contributed by atoms with van der Waals surface area (Å²) in [6.45, 7) is 5.83. The van der Waals surface area contributed by atoms with Gasteiger partial charge < -0.3 is 10.2 Å². The van der Waals surface area contributed by atoms with Crippen molar-refractivity contribution in [1.29, 1.82) is 0 Å². The van der Waals surface area contributed by atoms with Crippen LogP contribution in [-0.4, -0.2) is 53.6 Å². The number of amides is 4. The van der Waals surface area contributed by atoms with Crippen LogP contribution < -0.4 is 5.32 Å². The van der Waals surface area contributed by atoms with E-state index >= 15 is 0 Å². The van der Waals surface area contributed by atoms with Crippen molar-refractivity contribution in [2.24, 2.45) is 11.8 Å². The third-order valence-electron chi connectivity index (χ3n) is 5.90. The maximum absolute atomic E-state index is 12.5. The lowest BCUT2D eigenvalue weighted by Crippen LogP contribution is -2.38. The van der Waals surface area contributed by atoms with Gasteiger partial charge in [0.2, 0.25) is 23.6 Å². The van der Waals surface area contributed by atoms with E-state index in [1.165, 1.54) is 9.80 Å². The molecule has 1 heterocycles. The number of benzene rings is 1. The van der Waals surface area contributed by atoms with Crippen LogP contribution in [0.5, 0.6) is 0 Å². The summed E-state index contributed by atoms with van der Waals surface area (Å²) in [5, 5.41) is 2.88. The molecule has 1 aromatic carbocycles. The third kappa shape index (κ3) is 4.45. The fraction of sp³-hybridized carbons (Fsp3) is 0.478. The quantitative estimate of drug-likeness (QED) is 0.575. The van der Waals surface area contributed by atoms with Crippen LogP contribution in [0.15, 0.2) is 24.3 Å². The lowest BCUT2D eigenvalue weighted by molar-refractivity contribution is -0.141. The average molecular weight is 412 g/mol. The van der Waals surface area contributed by atoms with Crippen molar-refractivity contribution in [3.8, 4) is 0 Å². The van der Waals surface area contributed by atoms with Crippen molar-refractivity contribution in [2.45, 2.75) is 40.0 Å². The van der Waals surface area contributed by atoms with Crippen molar-refractivity contribution in [2.75, 3.05) is 25.5 Å². The minimum Gasteiger partial charge on any atom is -0.336 e. The molecule has 1 aliphatic heterocycles. The van der Waals surface area contributed by atoms with E-state index < -0.39 is 0 Å². The van der Waals surface area contributed by atoms with Gasteiger partial charge in [0.15, 0.2) is 0 Å². The molecule has 0 spiro atoms.